The number of carbonyl (C=O) groups is 1. The highest BCUT2D eigenvalue weighted by atomic mass is 19.1. The minimum atomic E-state index is -0.683. The van der Waals surface area contributed by atoms with E-state index in [-0.39, 0.29) is 16.9 Å². The maximum atomic E-state index is 13.7. The largest absolute Gasteiger partial charge is 0.492 e. The highest BCUT2D eigenvalue weighted by Gasteiger charge is 2.43. The average molecular weight is 384 g/mol. The minimum Gasteiger partial charge on any atom is -0.492 e. The van der Waals surface area contributed by atoms with Crippen molar-refractivity contribution in [3.63, 3.8) is 0 Å². The molecule has 1 saturated heterocycles. The van der Waals surface area contributed by atoms with E-state index in [4.69, 9.17) is 10.5 Å². The summed E-state index contributed by atoms with van der Waals surface area (Å²) in [6, 6.07) is 9.70. The van der Waals surface area contributed by atoms with E-state index in [1.165, 1.54) is 35.9 Å². The molecule has 0 unspecified atom stereocenters. The van der Waals surface area contributed by atoms with Gasteiger partial charge in [0.1, 0.15) is 17.4 Å². The van der Waals surface area contributed by atoms with Crippen LogP contribution in [0.4, 0.5) is 8.78 Å². The molecule has 0 aromatic heterocycles. The van der Waals surface area contributed by atoms with Crippen molar-refractivity contribution in [3.8, 4) is 5.75 Å². The number of ether oxygens (including phenoxy) is 1. The summed E-state index contributed by atoms with van der Waals surface area (Å²) in [5.41, 5.74) is 7.71. The Labute approximate surface area is 162 Å². The van der Waals surface area contributed by atoms with Crippen molar-refractivity contribution in [1.29, 1.82) is 0 Å². The fourth-order valence-electron chi connectivity index (χ4n) is 4.04. The molecule has 2 aromatic carbocycles. The van der Waals surface area contributed by atoms with Gasteiger partial charge in [0.2, 0.25) is 5.91 Å². The Balaban J connectivity index is 1.45. The van der Waals surface area contributed by atoms with E-state index in [0.717, 1.165) is 24.2 Å². The van der Waals surface area contributed by atoms with E-state index in [0.29, 0.717) is 26.2 Å². The summed E-state index contributed by atoms with van der Waals surface area (Å²) in [6.07, 6.45) is 4.01. The summed E-state index contributed by atoms with van der Waals surface area (Å²) >= 11 is 0. The second kappa shape index (κ2) is 7.36. The van der Waals surface area contributed by atoms with Crippen LogP contribution in [0.3, 0.4) is 0 Å². The maximum absolute atomic E-state index is 13.7. The van der Waals surface area contributed by atoms with E-state index in [1.54, 1.807) is 4.90 Å². The van der Waals surface area contributed by atoms with Crippen molar-refractivity contribution in [1.82, 2.24) is 4.90 Å². The van der Waals surface area contributed by atoms with Crippen LogP contribution in [0.5, 0.6) is 5.75 Å². The average Bonchev–Trinajstić information content (AvgIpc) is 3.05. The molecule has 2 aliphatic heterocycles. The zero-order valence-electron chi connectivity index (χ0n) is 15.5. The van der Waals surface area contributed by atoms with Crippen LogP contribution in [-0.2, 0) is 16.8 Å². The number of rotatable bonds is 3. The molecular weight excluding hydrogens is 362 g/mol. The summed E-state index contributed by atoms with van der Waals surface area (Å²) in [6.45, 7) is 2.22. The van der Waals surface area contributed by atoms with Crippen LogP contribution < -0.4 is 10.5 Å². The van der Waals surface area contributed by atoms with Gasteiger partial charge in [0.05, 0.1) is 6.61 Å². The number of hydrogen-bond acceptors (Lipinski definition) is 3. The zero-order valence-corrected chi connectivity index (χ0v) is 15.5. The number of hydrogen-bond donors (Lipinski definition) is 1. The van der Waals surface area contributed by atoms with Crippen molar-refractivity contribution in [3.05, 3.63) is 70.8 Å². The van der Waals surface area contributed by atoms with Crippen molar-refractivity contribution in [2.75, 3.05) is 19.7 Å². The number of benzene rings is 2. The van der Waals surface area contributed by atoms with Crippen LogP contribution in [0.2, 0.25) is 0 Å². The number of nitrogens with two attached hydrogens (primary N) is 1. The van der Waals surface area contributed by atoms with Gasteiger partial charge in [-0.05, 0) is 42.7 Å². The first-order valence-corrected chi connectivity index (χ1v) is 9.40. The molecule has 146 valence electrons. The first kappa shape index (κ1) is 18.6. The van der Waals surface area contributed by atoms with Gasteiger partial charge in [0, 0.05) is 42.3 Å². The highest BCUT2D eigenvalue weighted by Crippen LogP contribution is 2.45. The highest BCUT2D eigenvalue weighted by molar-refractivity contribution is 5.92. The quantitative estimate of drug-likeness (QED) is 0.826. The Morgan fingerprint density at radius 2 is 1.89 bits per heavy atom. The van der Waals surface area contributed by atoms with Crippen molar-refractivity contribution < 1.29 is 18.3 Å². The molecule has 1 spiro atoms. The lowest BCUT2D eigenvalue weighted by molar-refractivity contribution is -0.127. The second-order valence-electron chi connectivity index (χ2n) is 7.40. The van der Waals surface area contributed by atoms with Crippen molar-refractivity contribution in [2.45, 2.75) is 24.8 Å². The lowest BCUT2D eigenvalue weighted by atomic mass is 9.74. The Morgan fingerprint density at radius 1 is 1.18 bits per heavy atom. The predicted octanol–water partition coefficient (Wildman–Crippen LogP) is 3.39. The normalized spacial score (nSPS) is 17.8. The Morgan fingerprint density at radius 3 is 2.57 bits per heavy atom. The summed E-state index contributed by atoms with van der Waals surface area (Å²) < 4.78 is 33.3. The predicted molar refractivity (Wildman–Crippen MR) is 103 cm³/mol. The lowest BCUT2D eigenvalue weighted by Gasteiger charge is -2.38. The van der Waals surface area contributed by atoms with Crippen LogP contribution >= 0.6 is 0 Å². The van der Waals surface area contributed by atoms with E-state index >= 15 is 0 Å². The van der Waals surface area contributed by atoms with E-state index < -0.39 is 11.6 Å². The van der Waals surface area contributed by atoms with Crippen molar-refractivity contribution >= 4 is 12.0 Å². The number of fused-ring (bicyclic) bond motifs is 2. The van der Waals surface area contributed by atoms with Gasteiger partial charge >= 0.3 is 0 Å². The lowest BCUT2D eigenvalue weighted by Crippen LogP contribution is -2.45. The van der Waals surface area contributed by atoms with Gasteiger partial charge in [-0.1, -0.05) is 18.2 Å². The second-order valence-corrected chi connectivity index (χ2v) is 7.40. The van der Waals surface area contributed by atoms with Gasteiger partial charge in [-0.3, -0.25) is 4.79 Å². The van der Waals surface area contributed by atoms with Gasteiger partial charge in [-0.2, -0.15) is 0 Å². The number of halogens is 2. The van der Waals surface area contributed by atoms with Crippen LogP contribution in [0.15, 0.2) is 42.5 Å². The van der Waals surface area contributed by atoms with Crippen LogP contribution in [0.1, 0.15) is 29.5 Å². The first-order chi connectivity index (χ1) is 13.5. The molecule has 2 aromatic rings. The van der Waals surface area contributed by atoms with Crippen LogP contribution in [0, 0.1) is 11.6 Å². The molecule has 0 aliphatic carbocycles. The Kier molecular flexibility index (Phi) is 4.89. The molecule has 0 saturated carbocycles. The fraction of sp³-hybridized carbons (Fsp3) is 0.318. The number of likely N-dealkylation sites (tertiary alicyclic amines) is 1. The molecule has 0 atom stereocenters. The molecule has 1 amide bonds. The molecule has 0 radical (unpaired) electrons. The topological polar surface area (TPSA) is 55.6 Å². The molecule has 6 heteroatoms. The van der Waals surface area contributed by atoms with E-state index in [9.17, 15) is 13.6 Å². The molecule has 4 rings (SSSR count). The standard InChI is InChI=1S/C22H22F2N2O2/c23-18-2-1-3-19(24)16(18)5-7-21(27)26-10-8-22(9-11-26)14-28-20-6-4-15(13-25)12-17(20)22/h1-7,12H,8-11,13-14,25H2/b7-5+. The molecule has 28 heavy (non-hydrogen) atoms. The van der Waals surface area contributed by atoms with Gasteiger partial charge in [0.15, 0.2) is 0 Å². The van der Waals surface area contributed by atoms with Crippen LogP contribution in [-0.4, -0.2) is 30.5 Å². The van der Waals surface area contributed by atoms with Gasteiger partial charge in [-0.25, -0.2) is 8.78 Å². The third-order valence-corrected chi connectivity index (χ3v) is 5.78. The monoisotopic (exact) mass is 384 g/mol. The smallest absolute Gasteiger partial charge is 0.246 e. The minimum absolute atomic E-state index is 0.0986. The molecule has 2 aliphatic rings. The third kappa shape index (κ3) is 3.29. The maximum Gasteiger partial charge on any atom is 0.246 e. The number of amides is 1. The summed E-state index contributed by atoms with van der Waals surface area (Å²) in [7, 11) is 0. The SMILES string of the molecule is NCc1ccc2c(c1)C1(CCN(C(=O)/C=C/c3c(F)cccc3F)CC1)CO2. The summed E-state index contributed by atoms with van der Waals surface area (Å²) in [5.74, 6) is -0.714. The third-order valence-electron chi connectivity index (χ3n) is 5.78. The molecule has 0 bridgehead atoms. The van der Waals surface area contributed by atoms with E-state index in [2.05, 4.69) is 6.07 Å². The number of carbonyl (C=O) groups excluding carboxylic acids is 1. The number of piperidine rings is 1. The van der Waals surface area contributed by atoms with Gasteiger partial charge in [-0.15, -0.1) is 0 Å². The molecule has 1 fully saturated rings. The first-order valence-electron chi connectivity index (χ1n) is 9.40. The van der Waals surface area contributed by atoms with E-state index in [1.807, 2.05) is 12.1 Å². The van der Waals surface area contributed by atoms with Gasteiger partial charge < -0.3 is 15.4 Å². The summed E-state index contributed by atoms with van der Waals surface area (Å²) in [5, 5.41) is 0. The number of nitrogens with zero attached hydrogens (tertiary/aromatic N) is 1. The van der Waals surface area contributed by atoms with Crippen LogP contribution in [0.25, 0.3) is 6.08 Å². The molecule has 2 heterocycles. The fourth-order valence-corrected chi connectivity index (χ4v) is 4.04. The molecular formula is C22H22F2N2O2. The Bertz CT molecular complexity index is 914. The zero-order chi connectivity index (χ0) is 19.7. The molecule has 2 N–H and O–H groups in total. The van der Waals surface area contributed by atoms with Gasteiger partial charge in [0.25, 0.3) is 0 Å². The van der Waals surface area contributed by atoms with Crippen molar-refractivity contribution in [2.24, 2.45) is 5.73 Å². The molecule has 4 nitrogen and oxygen atoms in total. The Hall–Kier alpha value is -2.73. The summed E-state index contributed by atoms with van der Waals surface area (Å²) in [4.78, 5) is 14.2.